The Bertz CT molecular complexity index is 676. The first kappa shape index (κ1) is 18.7. The van der Waals surface area contributed by atoms with Crippen LogP contribution in [0.5, 0.6) is 11.5 Å². The molecule has 0 aliphatic rings. The Morgan fingerprint density at radius 1 is 1.24 bits per heavy atom. The van der Waals surface area contributed by atoms with Crippen molar-refractivity contribution >= 4 is 5.91 Å². The Morgan fingerprint density at radius 3 is 2.76 bits per heavy atom. The Kier molecular flexibility index (Phi) is 7.22. The van der Waals surface area contributed by atoms with Crippen LogP contribution in [-0.2, 0) is 11.3 Å². The number of nitrogens with one attached hydrogen (secondary N) is 1. The second kappa shape index (κ2) is 9.64. The van der Waals surface area contributed by atoms with Gasteiger partial charge in [-0.1, -0.05) is 6.07 Å². The molecular weight excluding hydrogens is 320 g/mol. The van der Waals surface area contributed by atoms with E-state index in [-0.39, 0.29) is 11.9 Å². The molecule has 0 bridgehead atoms. The second-order valence-corrected chi connectivity index (χ2v) is 5.57. The lowest BCUT2D eigenvalue weighted by molar-refractivity contribution is 0.0905. The maximum Gasteiger partial charge on any atom is 0.251 e. The number of carbonyl (C=O) groups excluding carboxylic acids is 1. The van der Waals surface area contributed by atoms with Gasteiger partial charge in [-0.25, -0.2) is 0 Å². The third-order valence-electron chi connectivity index (χ3n) is 3.42. The van der Waals surface area contributed by atoms with Crippen molar-refractivity contribution in [2.45, 2.75) is 26.5 Å². The van der Waals surface area contributed by atoms with Crippen molar-refractivity contribution in [2.75, 3.05) is 20.3 Å². The summed E-state index contributed by atoms with van der Waals surface area (Å²) < 4.78 is 16.5. The van der Waals surface area contributed by atoms with E-state index in [2.05, 4.69) is 10.3 Å². The largest absolute Gasteiger partial charge is 0.490 e. The summed E-state index contributed by atoms with van der Waals surface area (Å²) >= 11 is 0. The van der Waals surface area contributed by atoms with Crippen LogP contribution >= 0.6 is 0 Å². The minimum absolute atomic E-state index is 0.0745. The van der Waals surface area contributed by atoms with Crippen LogP contribution in [-0.4, -0.2) is 37.3 Å². The minimum atomic E-state index is -0.177. The Balaban J connectivity index is 2.09. The van der Waals surface area contributed by atoms with Crippen LogP contribution in [0.4, 0.5) is 0 Å². The van der Waals surface area contributed by atoms with Crippen LogP contribution in [0, 0.1) is 0 Å². The monoisotopic (exact) mass is 344 g/mol. The zero-order valence-electron chi connectivity index (χ0n) is 14.8. The van der Waals surface area contributed by atoms with Gasteiger partial charge in [-0.15, -0.1) is 0 Å². The number of pyridine rings is 1. The zero-order chi connectivity index (χ0) is 18.1. The molecule has 0 aliphatic heterocycles. The van der Waals surface area contributed by atoms with Gasteiger partial charge in [-0.05, 0) is 38.1 Å². The highest BCUT2D eigenvalue weighted by Gasteiger charge is 2.14. The van der Waals surface area contributed by atoms with Crippen molar-refractivity contribution < 1.29 is 19.0 Å². The van der Waals surface area contributed by atoms with Crippen LogP contribution in [0.15, 0.2) is 42.7 Å². The number of amides is 1. The van der Waals surface area contributed by atoms with Gasteiger partial charge in [0.25, 0.3) is 5.91 Å². The van der Waals surface area contributed by atoms with Gasteiger partial charge >= 0.3 is 0 Å². The number of nitrogens with zero attached hydrogens (tertiary/aromatic N) is 1. The average molecular weight is 344 g/mol. The van der Waals surface area contributed by atoms with E-state index in [1.54, 1.807) is 37.7 Å². The third-order valence-corrected chi connectivity index (χ3v) is 3.42. The molecule has 2 aromatic rings. The van der Waals surface area contributed by atoms with Crippen LogP contribution in [0.3, 0.4) is 0 Å². The number of ether oxygens (including phenoxy) is 3. The molecule has 1 aromatic carbocycles. The lowest BCUT2D eigenvalue weighted by atomic mass is 10.1. The fourth-order valence-electron chi connectivity index (χ4n) is 2.28. The third kappa shape index (κ3) is 5.76. The summed E-state index contributed by atoms with van der Waals surface area (Å²) in [7, 11) is 1.60. The smallest absolute Gasteiger partial charge is 0.251 e. The van der Waals surface area contributed by atoms with Crippen LogP contribution in [0.1, 0.15) is 29.8 Å². The molecule has 1 atom stereocenters. The number of hydrogen-bond acceptors (Lipinski definition) is 5. The number of carbonyl (C=O) groups is 1. The molecule has 6 heteroatoms. The van der Waals surface area contributed by atoms with Gasteiger partial charge in [0.05, 0.1) is 13.2 Å². The molecule has 0 fully saturated rings. The van der Waals surface area contributed by atoms with E-state index in [4.69, 9.17) is 14.2 Å². The van der Waals surface area contributed by atoms with Crippen LogP contribution < -0.4 is 14.8 Å². The van der Waals surface area contributed by atoms with Crippen molar-refractivity contribution in [3.8, 4) is 11.5 Å². The van der Waals surface area contributed by atoms with Gasteiger partial charge in [0.15, 0.2) is 11.5 Å². The van der Waals surface area contributed by atoms with E-state index in [0.717, 1.165) is 5.56 Å². The molecule has 0 spiro atoms. The van der Waals surface area contributed by atoms with Gasteiger partial charge in [0.1, 0.15) is 6.61 Å². The van der Waals surface area contributed by atoms with E-state index in [0.29, 0.717) is 36.9 Å². The Morgan fingerprint density at radius 2 is 2.08 bits per heavy atom. The lowest BCUT2D eigenvalue weighted by Gasteiger charge is -2.15. The molecule has 1 amide bonds. The number of methoxy groups -OCH3 is 1. The molecule has 2 rings (SSSR count). The highest BCUT2D eigenvalue weighted by molar-refractivity contribution is 5.95. The predicted molar refractivity (Wildman–Crippen MR) is 95.0 cm³/mol. The summed E-state index contributed by atoms with van der Waals surface area (Å²) in [6.07, 6.45) is 3.46. The fraction of sp³-hybridized carbons (Fsp3) is 0.368. The standard InChI is InChI=1S/C19H24N2O4/c1-4-24-18-10-16(19(22)21-14(2)12-23-3)7-8-17(18)25-13-15-6-5-9-20-11-15/h5-11,14H,4,12-13H2,1-3H3,(H,21,22). The summed E-state index contributed by atoms with van der Waals surface area (Å²) in [6.45, 7) is 5.09. The molecule has 1 N–H and O–H groups in total. The second-order valence-electron chi connectivity index (χ2n) is 5.57. The number of hydrogen-bond donors (Lipinski definition) is 1. The average Bonchev–Trinajstić information content (AvgIpc) is 2.62. The topological polar surface area (TPSA) is 69.7 Å². The van der Waals surface area contributed by atoms with E-state index < -0.39 is 0 Å². The first-order chi connectivity index (χ1) is 12.1. The van der Waals surface area contributed by atoms with Crippen LogP contribution in [0.25, 0.3) is 0 Å². The summed E-state index contributed by atoms with van der Waals surface area (Å²) in [4.78, 5) is 16.4. The maximum absolute atomic E-state index is 12.3. The van der Waals surface area contributed by atoms with Gasteiger partial charge in [0.2, 0.25) is 0 Å². The van der Waals surface area contributed by atoms with E-state index in [9.17, 15) is 4.79 Å². The van der Waals surface area contributed by atoms with Crippen LogP contribution in [0.2, 0.25) is 0 Å². The predicted octanol–water partition coefficient (Wildman–Crippen LogP) is 2.82. The number of rotatable bonds is 9. The number of aromatic nitrogens is 1. The van der Waals surface area contributed by atoms with E-state index >= 15 is 0 Å². The number of benzene rings is 1. The highest BCUT2D eigenvalue weighted by Crippen LogP contribution is 2.29. The first-order valence-electron chi connectivity index (χ1n) is 8.22. The Hall–Kier alpha value is -2.60. The zero-order valence-corrected chi connectivity index (χ0v) is 14.8. The van der Waals surface area contributed by atoms with E-state index in [1.165, 1.54) is 0 Å². The molecule has 1 unspecified atom stereocenters. The molecular formula is C19H24N2O4. The van der Waals surface area contributed by atoms with Crippen molar-refractivity contribution in [3.63, 3.8) is 0 Å². The molecule has 0 aliphatic carbocycles. The molecule has 0 saturated heterocycles. The molecule has 25 heavy (non-hydrogen) atoms. The molecule has 134 valence electrons. The Labute approximate surface area is 148 Å². The molecule has 6 nitrogen and oxygen atoms in total. The van der Waals surface area contributed by atoms with Crippen molar-refractivity contribution in [2.24, 2.45) is 0 Å². The van der Waals surface area contributed by atoms with Gasteiger partial charge in [-0.2, -0.15) is 0 Å². The van der Waals surface area contributed by atoms with Gasteiger partial charge in [-0.3, -0.25) is 9.78 Å². The normalized spacial score (nSPS) is 11.6. The van der Waals surface area contributed by atoms with Gasteiger partial charge < -0.3 is 19.5 Å². The SMILES string of the molecule is CCOc1cc(C(=O)NC(C)COC)ccc1OCc1cccnc1. The molecule has 1 heterocycles. The minimum Gasteiger partial charge on any atom is -0.490 e. The van der Waals surface area contributed by atoms with Crippen molar-refractivity contribution in [1.29, 1.82) is 0 Å². The molecule has 0 saturated carbocycles. The highest BCUT2D eigenvalue weighted by atomic mass is 16.5. The molecule has 1 aromatic heterocycles. The summed E-state index contributed by atoms with van der Waals surface area (Å²) in [5.41, 5.74) is 1.47. The fourth-order valence-corrected chi connectivity index (χ4v) is 2.28. The molecule has 0 radical (unpaired) electrons. The summed E-state index contributed by atoms with van der Waals surface area (Å²) in [6, 6.07) is 8.88. The van der Waals surface area contributed by atoms with Gasteiger partial charge in [0, 0.05) is 36.7 Å². The first-order valence-corrected chi connectivity index (χ1v) is 8.22. The van der Waals surface area contributed by atoms with Crippen molar-refractivity contribution in [3.05, 3.63) is 53.9 Å². The summed E-state index contributed by atoms with van der Waals surface area (Å²) in [5, 5.41) is 2.88. The van der Waals surface area contributed by atoms with E-state index in [1.807, 2.05) is 26.0 Å². The lowest BCUT2D eigenvalue weighted by Crippen LogP contribution is -2.35. The maximum atomic E-state index is 12.3. The van der Waals surface area contributed by atoms with Crippen molar-refractivity contribution in [1.82, 2.24) is 10.3 Å². The summed E-state index contributed by atoms with van der Waals surface area (Å²) in [5.74, 6) is 0.954. The quantitative estimate of drug-likeness (QED) is 0.757.